The van der Waals surface area contributed by atoms with Gasteiger partial charge < -0.3 is 9.84 Å². The molecular formula is C12H13F3O3. The van der Waals surface area contributed by atoms with Crippen molar-refractivity contribution >= 4 is 6.29 Å². The molecule has 0 saturated heterocycles. The van der Waals surface area contributed by atoms with Gasteiger partial charge in [0.1, 0.15) is 18.6 Å². The number of aldehydes is 1. The monoisotopic (exact) mass is 262 g/mol. The maximum atomic E-state index is 12.7. The van der Waals surface area contributed by atoms with Crippen molar-refractivity contribution in [3.8, 4) is 5.75 Å². The van der Waals surface area contributed by atoms with Crippen molar-refractivity contribution in [3.63, 3.8) is 0 Å². The highest BCUT2D eigenvalue weighted by atomic mass is 19.4. The van der Waals surface area contributed by atoms with Gasteiger partial charge in [-0.3, -0.25) is 4.79 Å². The Balaban J connectivity index is 2.99. The topological polar surface area (TPSA) is 46.5 Å². The number of carbonyl (C=O) groups is 1. The maximum Gasteiger partial charge on any atom is 0.419 e. The van der Waals surface area contributed by atoms with Crippen LogP contribution in [0.4, 0.5) is 13.2 Å². The third kappa shape index (κ3) is 3.73. The van der Waals surface area contributed by atoms with Gasteiger partial charge in [-0.15, -0.1) is 0 Å². The molecule has 1 N–H and O–H groups in total. The van der Waals surface area contributed by atoms with E-state index in [4.69, 9.17) is 4.74 Å². The SMILES string of the molecule is CCC(O)COc1ccc(C=O)cc1C(F)(F)F. The second-order valence-corrected chi connectivity index (χ2v) is 3.74. The average molecular weight is 262 g/mol. The van der Waals surface area contributed by atoms with Crippen LogP contribution in [0.25, 0.3) is 0 Å². The molecule has 6 heteroatoms. The fourth-order valence-electron chi connectivity index (χ4n) is 1.27. The zero-order valence-corrected chi connectivity index (χ0v) is 9.70. The van der Waals surface area contributed by atoms with Crippen LogP contribution in [0.5, 0.6) is 5.75 Å². The molecule has 1 rings (SSSR count). The zero-order valence-electron chi connectivity index (χ0n) is 9.70. The second kappa shape index (κ2) is 5.86. The van der Waals surface area contributed by atoms with Gasteiger partial charge >= 0.3 is 6.18 Å². The van der Waals surface area contributed by atoms with Crippen LogP contribution in [-0.2, 0) is 6.18 Å². The molecule has 3 nitrogen and oxygen atoms in total. The summed E-state index contributed by atoms with van der Waals surface area (Å²) in [6.07, 6.45) is -4.71. The summed E-state index contributed by atoms with van der Waals surface area (Å²) >= 11 is 0. The van der Waals surface area contributed by atoms with Gasteiger partial charge in [-0.05, 0) is 24.6 Å². The summed E-state index contributed by atoms with van der Waals surface area (Å²) in [7, 11) is 0. The van der Waals surface area contributed by atoms with Crippen LogP contribution in [0.15, 0.2) is 18.2 Å². The molecular weight excluding hydrogens is 249 g/mol. The molecule has 1 unspecified atom stereocenters. The first kappa shape index (κ1) is 14.5. The molecule has 0 radical (unpaired) electrons. The van der Waals surface area contributed by atoms with Crippen molar-refractivity contribution in [3.05, 3.63) is 29.3 Å². The standard InChI is InChI=1S/C12H13F3O3/c1-2-9(17)7-18-11-4-3-8(6-16)5-10(11)12(13,14)15/h3-6,9,17H,2,7H2,1H3. The van der Waals surface area contributed by atoms with Crippen molar-refractivity contribution in [1.82, 2.24) is 0 Å². The first-order valence-corrected chi connectivity index (χ1v) is 5.35. The average Bonchev–Trinajstić information content (AvgIpc) is 2.34. The Hall–Kier alpha value is -1.56. The molecule has 0 amide bonds. The van der Waals surface area contributed by atoms with Gasteiger partial charge in [-0.25, -0.2) is 0 Å². The highest BCUT2D eigenvalue weighted by molar-refractivity contribution is 5.75. The number of rotatable bonds is 5. The lowest BCUT2D eigenvalue weighted by Gasteiger charge is -2.16. The molecule has 0 heterocycles. The van der Waals surface area contributed by atoms with Gasteiger partial charge in [0.25, 0.3) is 0 Å². The van der Waals surface area contributed by atoms with E-state index in [-0.39, 0.29) is 17.9 Å². The molecule has 1 aromatic rings. The van der Waals surface area contributed by atoms with Gasteiger partial charge in [0.15, 0.2) is 0 Å². The van der Waals surface area contributed by atoms with E-state index in [1.165, 1.54) is 6.07 Å². The Morgan fingerprint density at radius 3 is 2.61 bits per heavy atom. The normalized spacial score (nSPS) is 13.2. The van der Waals surface area contributed by atoms with Crippen molar-refractivity contribution in [2.24, 2.45) is 0 Å². The number of hydrogen-bond donors (Lipinski definition) is 1. The summed E-state index contributed by atoms with van der Waals surface area (Å²) in [4.78, 5) is 10.5. The summed E-state index contributed by atoms with van der Waals surface area (Å²) in [6.45, 7) is 1.47. The summed E-state index contributed by atoms with van der Waals surface area (Å²) in [5.41, 5.74) is -1.10. The molecule has 0 saturated carbocycles. The molecule has 0 spiro atoms. The predicted molar refractivity (Wildman–Crippen MR) is 58.6 cm³/mol. The summed E-state index contributed by atoms with van der Waals surface area (Å²) < 4.78 is 43.1. The van der Waals surface area contributed by atoms with E-state index in [0.717, 1.165) is 12.1 Å². The molecule has 1 aromatic carbocycles. The van der Waals surface area contributed by atoms with Crippen molar-refractivity contribution in [2.75, 3.05) is 6.61 Å². The Morgan fingerprint density at radius 2 is 2.11 bits per heavy atom. The number of halogens is 3. The molecule has 100 valence electrons. The first-order chi connectivity index (χ1) is 8.38. The third-order valence-corrected chi connectivity index (χ3v) is 2.35. The lowest BCUT2D eigenvalue weighted by Crippen LogP contribution is -2.18. The Kier molecular flexibility index (Phi) is 4.72. The van der Waals surface area contributed by atoms with Gasteiger partial charge in [0.2, 0.25) is 0 Å². The number of aliphatic hydroxyl groups excluding tert-OH is 1. The fraction of sp³-hybridized carbons (Fsp3) is 0.417. The number of aliphatic hydroxyl groups is 1. The number of alkyl halides is 3. The lowest BCUT2D eigenvalue weighted by atomic mass is 10.1. The molecule has 0 fully saturated rings. The van der Waals surface area contributed by atoms with Crippen molar-refractivity contribution in [1.29, 1.82) is 0 Å². The van der Waals surface area contributed by atoms with Gasteiger partial charge in [0.05, 0.1) is 11.7 Å². The van der Waals surface area contributed by atoms with Crippen molar-refractivity contribution < 1.29 is 27.8 Å². The number of ether oxygens (including phenoxy) is 1. The van der Waals surface area contributed by atoms with Crippen LogP contribution in [-0.4, -0.2) is 24.1 Å². The van der Waals surface area contributed by atoms with Crippen molar-refractivity contribution in [2.45, 2.75) is 25.6 Å². The van der Waals surface area contributed by atoms with E-state index in [1.807, 2.05) is 0 Å². The Labute approximate surface area is 102 Å². The molecule has 0 bridgehead atoms. The summed E-state index contributed by atoms with van der Waals surface area (Å²) in [5.74, 6) is -0.388. The molecule has 18 heavy (non-hydrogen) atoms. The second-order valence-electron chi connectivity index (χ2n) is 3.74. The van der Waals surface area contributed by atoms with Crippen LogP contribution in [0, 0.1) is 0 Å². The molecule has 0 aliphatic rings. The maximum absolute atomic E-state index is 12.7. The minimum atomic E-state index is -4.61. The van der Waals surface area contributed by atoms with Gasteiger partial charge in [-0.1, -0.05) is 6.92 Å². The Bertz CT molecular complexity index is 416. The van der Waals surface area contributed by atoms with Gasteiger partial charge in [-0.2, -0.15) is 13.2 Å². The number of benzene rings is 1. The molecule has 0 aliphatic carbocycles. The molecule has 0 aromatic heterocycles. The largest absolute Gasteiger partial charge is 0.490 e. The lowest BCUT2D eigenvalue weighted by molar-refractivity contribution is -0.139. The van der Waals surface area contributed by atoms with E-state index in [0.29, 0.717) is 12.7 Å². The van der Waals surface area contributed by atoms with Gasteiger partial charge in [0, 0.05) is 5.56 Å². The highest BCUT2D eigenvalue weighted by Crippen LogP contribution is 2.36. The van der Waals surface area contributed by atoms with Crippen LogP contribution in [0.1, 0.15) is 29.3 Å². The van der Waals surface area contributed by atoms with Crippen LogP contribution < -0.4 is 4.74 Å². The minimum absolute atomic E-state index is 0.0780. The Morgan fingerprint density at radius 1 is 1.44 bits per heavy atom. The minimum Gasteiger partial charge on any atom is -0.490 e. The number of carbonyl (C=O) groups excluding carboxylic acids is 1. The van der Waals surface area contributed by atoms with Crippen LogP contribution >= 0.6 is 0 Å². The predicted octanol–water partition coefficient (Wildman–Crippen LogP) is 2.67. The van der Waals surface area contributed by atoms with E-state index < -0.39 is 17.8 Å². The molecule has 1 atom stereocenters. The van der Waals surface area contributed by atoms with E-state index in [2.05, 4.69) is 0 Å². The first-order valence-electron chi connectivity index (χ1n) is 5.35. The third-order valence-electron chi connectivity index (χ3n) is 2.35. The highest BCUT2D eigenvalue weighted by Gasteiger charge is 2.34. The van der Waals surface area contributed by atoms with E-state index in [1.54, 1.807) is 6.92 Å². The fourth-order valence-corrected chi connectivity index (χ4v) is 1.27. The van der Waals surface area contributed by atoms with Crippen LogP contribution in [0.3, 0.4) is 0 Å². The number of hydrogen-bond acceptors (Lipinski definition) is 3. The summed E-state index contributed by atoms with van der Waals surface area (Å²) in [6, 6.07) is 3.03. The van der Waals surface area contributed by atoms with Crippen LogP contribution in [0.2, 0.25) is 0 Å². The zero-order chi connectivity index (χ0) is 13.8. The quantitative estimate of drug-likeness (QED) is 0.830. The van der Waals surface area contributed by atoms with E-state index in [9.17, 15) is 23.1 Å². The molecule has 0 aliphatic heterocycles. The summed E-state index contributed by atoms with van der Waals surface area (Å²) in [5, 5.41) is 9.25. The van der Waals surface area contributed by atoms with E-state index >= 15 is 0 Å². The smallest absolute Gasteiger partial charge is 0.419 e.